The fourth-order valence-corrected chi connectivity index (χ4v) is 3.52. The molecular weight excluding hydrogens is 352 g/mol. The second-order valence-electron chi connectivity index (χ2n) is 6.60. The van der Waals surface area contributed by atoms with E-state index in [1.807, 2.05) is 49.1 Å². The van der Waals surface area contributed by atoms with E-state index in [9.17, 15) is 4.79 Å². The monoisotopic (exact) mass is 370 g/mol. The molecule has 134 valence electrons. The molecule has 1 aromatic carbocycles. The number of fused-ring (bicyclic) bond motifs is 1. The largest absolute Gasteiger partial charge is 0.372 e. The van der Waals surface area contributed by atoms with Crippen molar-refractivity contribution in [3.63, 3.8) is 0 Å². The molecule has 1 aliphatic rings. The molecule has 1 saturated heterocycles. The van der Waals surface area contributed by atoms with E-state index in [-0.39, 0.29) is 18.1 Å². The first kappa shape index (κ1) is 17.0. The predicted octanol–water partition coefficient (Wildman–Crippen LogP) is 3.30. The lowest BCUT2D eigenvalue weighted by molar-refractivity contribution is -0.0585. The van der Waals surface area contributed by atoms with Gasteiger partial charge in [0.1, 0.15) is 5.56 Å². The Morgan fingerprint density at radius 3 is 2.54 bits per heavy atom. The quantitative estimate of drug-likeness (QED) is 0.694. The first-order chi connectivity index (χ1) is 12.5. The van der Waals surface area contributed by atoms with E-state index in [0.29, 0.717) is 29.3 Å². The van der Waals surface area contributed by atoms with Gasteiger partial charge in [-0.1, -0.05) is 23.7 Å². The SMILES string of the molecule is CC1CN(C(=O)c2cnn3c(-c4ccc(Cl)cc4)ccnc23)CC(C)O1. The van der Waals surface area contributed by atoms with E-state index in [4.69, 9.17) is 16.3 Å². The van der Waals surface area contributed by atoms with Crippen molar-refractivity contribution in [3.05, 3.63) is 53.3 Å². The van der Waals surface area contributed by atoms with Crippen molar-refractivity contribution in [2.75, 3.05) is 13.1 Å². The number of ether oxygens (including phenoxy) is 1. The van der Waals surface area contributed by atoms with Crippen molar-refractivity contribution in [2.45, 2.75) is 26.1 Å². The molecule has 6 nitrogen and oxygen atoms in total. The molecule has 2 aromatic heterocycles. The van der Waals surface area contributed by atoms with Crippen LogP contribution < -0.4 is 0 Å². The summed E-state index contributed by atoms with van der Waals surface area (Å²) >= 11 is 5.98. The van der Waals surface area contributed by atoms with Gasteiger partial charge in [-0.3, -0.25) is 4.79 Å². The lowest BCUT2D eigenvalue weighted by atomic mass is 10.1. The molecule has 26 heavy (non-hydrogen) atoms. The lowest BCUT2D eigenvalue weighted by Gasteiger charge is -2.35. The van der Waals surface area contributed by atoms with Gasteiger partial charge < -0.3 is 9.64 Å². The highest BCUT2D eigenvalue weighted by Gasteiger charge is 2.28. The number of benzene rings is 1. The summed E-state index contributed by atoms with van der Waals surface area (Å²) in [4.78, 5) is 19.2. The molecule has 0 bridgehead atoms. The number of carbonyl (C=O) groups excluding carboxylic acids is 1. The third-order valence-corrected chi connectivity index (χ3v) is 4.73. The number of rotatable bonds is 2. The van der Waals surface area contributed by atoms with E-state index in [0.717, 1.165) is 11.3 Å². The summed E-state index contributed by atoms with van der Waals surface area (Å²) in [6, 6.07) is 9.37. The number of morpholine rings is 1. The molecule has 3 heterocycles. The van der Waals surface area contributed by atoms with E-state index < -0.39 is 0 Å². The van der Waals surface area contributed by atoms with Crippen LogP contribution in [0.15, 0.2) is 42.7 Å². The molecule has 1 fully saturated rings. The number of nitrogens with zero attached hydrogens (tertiary/aromatic N) is 4. The van der Waals surface area contributed by atoms with Crippen molar-refractivity contribution < 1.29 is 9.53 Å². The number of halogens is 1. The average molecular weight is 371 g/mol. The molecule has 7 heteroatoms. The van der Waals surface area contributed by atoms with Gasteiger partial charge >= 0.3 is 0 Å². The van der Waals surface area contributed by atoms with E-state index in [1.165, 1.54) is 0 Å². The third-order valence-electron chi connectivity index (χ3n) is 4.48. The summed E-state index contributed by atoms with van der Waals surface area (Å²) in [6.45, 7) is 5.08. The smallest absolute Gasteiger partial charge is 0.259 e. The maximum Gasteiger partial charge on any atom is 0.259 e. The fraction of sp³-hybridized carbons (Fsp3) is 0.316. The highest BCUT2D eigenvalue weighted by molar-refractivity contribution is 6.30. The highest BCUT2D eigenvalue weighted by atomic mass is 35.5. The van der Waals surface area contributed by atoms with Crippen LogP contribution in [0.2, 0.25) is 5.02 Å². The fourth-order valence-electron chi connectivity index (χ4n) is 3.40. The average Bonchev–Trinajstić information content (AvgIpc) is 3.05. The molecule has 0 aliphatic carbocycles. The van der Waals surface area contributed by atoms with Crippen LogP contribution in [0.5, 0.6) is 0 Å². The van der Waals surface area contributed by atoms with Crippen molar-refractivity contribution in [1.29, 1.82) is 0 Å². The Kier molecular flexibility index (Phi) is 4.38. The number of hydrogen-bond donors (Lipinski definition) is 0. The molecule has 2 unspecified atom stereocenters. The number of aromatic nitrogens is 3. The minimum Gasteiger partial charge on any atom is -0.372 e. The molecule has 2 atom stereocenters. The van der Waals surface area contributed by atoms with Crippen LogP contribution in [0.4, 0.5) is 0 Å². The molecule has 3 aromatic rings. The molecule has 1 aliphatic heterocycles. The molecule has 1 amide bonds. The van der Waals surface area contributed by atoms with Gasteiger partial charge in [0.05, 0.1) is 24.1 Å². The van der Waals surface area contributed by atoms with E-state index >= 15 is 0 Å². The van der Waals surface area contributed by atoms with Crippen LogP contribution in [-0.4, -0.2) is 50.7 Å². The molecule has 4 rings (SSSR count). The van der Waals surface area contributed by atoms with Crippen LogP contribution in [-0.2, 0) is 4.74 Å². The van der Waals surface area contributed by atoms with Crippen LogP contribution in [0.25, 0.3) is 16.9 Å². The summed E-state index contributed by atoms with van der Waals surface area (Å²) in [5.41, 5.74) is 2.86. The zero-order valence-corrected chi connectivity index (χ0v) is 15.3. The van der Waals surface area contributed by atoms with Gasteiger partial charge in [-0.25, -0.2) is 9.50 Å². The molecule has 0 N–H and O–H groups in total. The van der Waals surface area contributed by atoms with Gasteiger partial charge in [0.25, 0.3) is 5.91 Å². The molecule has 0 saturated carbocycles. The van der Waals surface area contributed by atoms with Crippen molar-refractivity contribution in [2.24, 2.45) is 0 Å². The van der Waals surface area contributed by atoms with Gasteiger partial charge in [-0.05, 0) is 32.0 Å². The summed E-state index contributed by atoms with van der Waals surface area (Å²) in [5, 5.41) is 5.09. The second kappa shape index (κ2) is 6.70. The van der Waals surface area contributed by atoms with Gasteiger partial charge in [0.2, 0.25) is 0 Å². The highest BCUT2D eigenvalue weighted by Crippen LogP contribution is 2.24. The van der Waals surface area contributed by atoms with E-state index in [2.05, 4.69) is 10.1 Å². The summed E-state index contributed by atoms with van der Waals surface area (Å²) in [6.07, 6.45) is 3.32. The number of amides is 1. The van der Waals surface area contributed by atoms with Crippen LogP contribution in [0.3, 0.4) is 0 Å². The van der Waals surface area contributed by atoms with Crippen molar-refractivity contribution >= 4 is 23.2 Å². The molecule has 0 spiro atoms. The van der Waals surface area contributed by atoms with Gasteiger partial charge in [-0.2, -0.15) is 5.10 Å². The number of carbonyl (C=O) groups is 1. The minimum atomic E-state index is -0.0669. The Hall–Kier alpha value is -2.44. The van der Waals surface area contributed by atoms with Gasteiger partial charge in [0, 0.05) is 29.9 Å². The minimum absolute atomic E-state index is 0.0159. The topological polar surface area (TPSA) is 59.7 Å². The zero-order valence-electron chi connectivity index (χ0n) is 14.6. The third kappa shape index (κ3) is 3.06. The standard InChI is InChI=1S/C19H19ClN4O2/c1-12-10-23(11-13(2)26-12)19(25)16-9-22-24-17(7-8-21-18(16)24)14-3-5-15(20)6-4-14/h3-9,12-13H,10-11H2,1-2H3. The van der Waals surface area contributed by atoms with E-state index in [1.54, 1.807) is 16.9 Å². The van der Waals surface area contributed by atoms with Crippen LogP contribution >= 0.6 is 11.6 Å². The van der Waals surface area contributed by atoms with Crippen molar-refractivity contribution in [1.82, 2.24) is 19.5 Å². The maximum atomic E-state index is 13.0. The summed E-state index contributed by atoms with van der Waals surface area (Å²) in [7, 11) is 0. The Morgan fingerprint density at radius 2 is 1.85 bits per heavy atom. The predicted molar refractivity (Wildman–Crippen MR) is 99.3 cm³/mol. The number of hydrogen-bond acceptors (Lipinski definition) is 4. The normalized spacial score (nSPS) is 20.5. The second-order valence-corrected chi connectivity index (χ2v) is 7.03. The first-order valence-electron chi connectivity index (χ1n) is 8.56. The summed E-state index contributed by atoms with van der Waals surface area (Å²) in [5.74, 6) is -0.0669. The van der Waals surface area contributed by atoms with Crippen molar-refractivity contribution in [3.8, 4) is 11.3 Å². The Morgan fingerprint density at radius 1 is 1.15 bits per heavy atom. The first-order valence-corrected chi connectivity index (χ1v) is 8.94. The Bertz CT molecular complexity index is 944. The lowest BCUT2D eigenvalue weighted by Crippen LogP contribution is -2.48. The molecular formula is C19H19ClN4O2. The summed E-state index contributed by atoms with van der Waals surface area (Å²) < 4.78 is 7.42. The van der Waals surface area contributed by atoms with Gasteiger partial charge in [0.15, 0.2) is 5.65 Å². The Labute approximate surface area is 156 Å². The van der Waals surface area contributed by atoms with Crippen LogP contribution in [0, 0.1) is 0 Å². The van der Waals surface area contributed by atoms with Gasteiger partial charge in [-0.15, -0.1) is 0 Å². The zero-order chi connectivity index (χ0) is 18.3. The maximum absolute atomic E-state index is 13.0. The Balaban J connectivity index is 1.72. The van der Waals surface area contributed by atoms with Crippen LogP contribution in [0.1, 0.15) is 24.2 Å². The molecule has 0 radical (unpaired) electrons.